The molecule has 2 aliphatic heterocycles. The van der Waals surface area contributed by atoms with Crippen LogP contribution in [0.25, 0.3) is 0 Å². The predicted octanol–water partition coefficient (Wildman–Crippen LogP) is 0.461. The smallest absolute Gasteiger partial charge is 0.309 e. The molecule has 0 unspecified atom stereocenters. The van der Waals surface area contributed by atoms with Crippen LogP contribution in [0.3, 0.4) is 0 Å². The third-order valence-corrected chi connectivity index (χ3v) is 9.16. The van der Waals surface area contributed by atoms with E-state index in [9.17, 15) is 30.8 Å². The van der Waals surface area contributed by atoms with Gasteiger partial charge in [-0.25, -0.2) is 21.2 Å². The van der Waals surface area contributed by atoms with E-state index in [1.54, 1.807) is 0 Å². The minimum atomic E-state index is -3.79. The second kappa shape index (κ2) is 9.21. The number of sulfonamides is 1. The molecule has 12 heteroatoms. The van der Waals surface area contributed by atoms with E-state index in [0.717, 1.165) is 12.1 Å². The number of rotatable bonds is 6. The highest BCUT2D eigenvalue weighted by molar-refractivity contribution is 7.91. The molecule has 1 amide bonds. The normalized spacial score (nSPS) is 23.2. The summed E-state index contributed by atoms with van der Waals surface area (Å²) in [5, 5.41) is 2.58. The summed E-state index contributed by atoms with van der Waals surface area (Å²) < 4.78 is 67.8. The minimum absolute atomic E-state index is 0.0193. The quantitative estimate of drug-likeness (QED) is 0.591. The van der Waals surface area contributed by atoms with Crippen LogP contribution in [0.1, 0.15) is 26.2 Å². The average molecular weight is 477 g/mol. The minimum Gasteiger partial charge on any atom is -0.452 e. The molecule has 0 saturated carbocycles. The number of esters is 1. The second-order valence-corrected chi connectivity index (χ2v) is 12.0. The van der Waals surface area contributed by atoms with Crippen LogP contribution < -0.4 is 5.32 Å². The third-order valence-electron chi connectivity index (χ3n) is 5.48. The molecule has 0 radical (unpaired) electrons. The Morgan fingerprint density at radius 2 is 1.77 bits per heavy atom. The number of nitrogens with zero attached hydrogens (tertiary/aromatic N) is 1. The average Bonchev–Trinajstić information content (AvgIpc) is 3.06. The van der Waals surface area contributed by atoms with Gasteiger partial charge in [0.1, 0.15) is 5.82 Å². The number of sulfone groups is 1. The molecule has 1 N–H and O–H groups in total. The van der Waals surface area contributed by atoms with Gasteiger partial charge in [0.15, 0.2) is 15.9 Å². The molecule has 2 heterocycles. The van der Waals surface area contributed by atoms with Gasteiger partial charge in [-0.05, 0) is 50.5 Å². The Labute approximate surface area is 180 Å². The Bertz CT molecular complexity index is 1030. The topological polar surface area (TPSA) is 127 Å². The molecule has 2 fully saturated rings. The van der Waals surface area contributed by atoms with Gasteiger partial charge in [-0.1, -0.05) is 0 Å². The molecule has 1 aromatic rings. The first-order valence-corrected chi connectivity index (χ1v) is 13.2. The van der Waals surface area contributed by atoms with Gasteiger partial charge >= 0.3 is 5.97 Å². The summed E-state index contributed by atoms with van der Waals surface area (Å²) in [7, 11) is -6.93. The number of carbonyl (C=O) groups excluding carboxylic acids is 2. The zero-order valence-corrected chi connectivity index (χ0v) is 18.6. The number of hydrogen-bond acceptors (Lipinski definition) is 7. The number of hydrogen-bond donors (Lipinski definition) is 1. The van der Waals surface area contributed by atoms with E-state index in [0.29, 0.717) is 6.42 Å². The van der Waals surface area contributed by atoms with Gasteiger partial charge in [-0.2, -0.15) is 4.31 Å². The lowest BCUT2D eigenvalue weighted by Crippen LogP contribution is -2.44. The highest BCUT2D eigenvalue weighted by Gasteiger charge is 2.35. The van der Waals surface area contributed by atoms with E-state index in [-0.39, 0.29) is 42.3 Å². The van der Waals surface area contributed by atoms with Crippen molar-refractivity contribution in [2.45, 2.75) is 43.2 Å². The fraction of sp³-hybridized carbons (Fsp3) is 0.579. The van der Waals surface area contributed by atoms with Crippen molar-refractivity contribution >= 4 is 31.7 Å². The van der Waals surface area contributed by atoms with Gasteiger partial charge in [0, 0.05) is 19.1 Å². The molecule has 9 nitrogen and oxygen atoms in total. The molecule has 0 bridgehead atoms. The zero-order chi connectivity index (χ0) is 22.8. The monoisotopic (exact) mass is 476 g/mol. The van der Waals surface area contributed by atoms with Gasteiger partial charge in [-0.3, -0.25) is 9.59 Å². The summed E-state index contributed by atoms with van der Waals surface area (Å²) in [5.41, 5.74) is 0. The van der Waals surface area contributed by atoms with E-state index >= 15 is 0 Å². The van der Waals surface area contributed by atoms with Crippen LogP contribution in [0.2, 0.25) is 0 Å². The Morgan fingerprint density at radius 3 is 2.32 bits per heavy atom. The van der Waals surface area contributed by atoms with Crippen molar-refractivity contribution in [3.8, 4) is 0 Å². The van der Waals surface area contributed by atoms with Crippen molar-refractivity contribution in [2.24, 2.45) is 5.92 Å². The maximum atomic E-state index is 13.1. The van der Waals surface area contributed by atoms with Gasteiger partial charge in [0.25, 0.3) is 5.91 Å². The number of ether oxygens (including phenoxy) is 1. The maximum absolute atomic E-state index is 13.1. The Morgan fingerprint density at radius 1 is 1.16 bits per heavy atom. The number of nitrogens with one attached hydrogen (secondary N) is 1. The van der Waals surface area contributed by atoms with Gasteiger partial charge < -0.3 is 10.1 Å². The van der Waals surface area contributed by atoms with Crippen molar-refractivity contribution in [1.82, 2.24) is 9.62 Å². The Kier molecular flexibility index (Phi) is 7.01. The number of amides is 1. The molecule has 0 aliphatic carbocycles. The lowest BCUT2D eigenvalue weighted by Gasteiger charge is -2.30. The number of piperidine rings is 1. The van der Waals surface area contributed by atoms with Crippen LogP contribution in [0.4, 0.5) is 4.39 Å². The summed E-state index contributed by atoms with van der Waals surface area (Å²) >= 11 is 0. The van der Waals surface area contributed by atoms with Crippen LogP contribution in [0.5, 0.6) is 0 Å². The van der Waals surface area contributed by atoms with E-state index < -0.39 is 55.6 Å². The van der Waals surface area contributed by atoms with Crippen molar-refractivity contribution < 1.29 is 35.6 Å². The summed E-state index contributed by atoms with van der Waals surface area (Å²) in [6.45, 7) is 1.60. The van der Waals surface area contributed by atoms with E-state index in [1.807, 2.05) is 0 Å². The van der Waals surface area contributed by atoms with Crippen LogP contribution in [0.15, 0.2) is 29.2 Å². The lowest BCUT2D eigenvalue weighted by atomic mass is 9.98. The first kappa shape index (κ1) is 23.6. The summed E-state index contributed by atoms with van der Waals surface area (Å²) in [4.78, 5) is 24.6. The highest BCUT2D eigenvalue weighted by Crippen LogP contribution is 2.25. The molecule has 0 spiro atoms. The maximum Gasteiger partial charge on any atom is 0.309 e. The third kappa shape index (κ3) is 5.80. The highest BCUT2D eigenvalue weighted by atomic mass is 32.2. The van der Waals surface area contributed by atoms with E-state index in [2.05, 4.69) is 5.32 Å². The van der Waals surface area contributed by atoms with Crippen LogP contribution >= 0.6 is 0 Å². The molecule has 3 rings (SSSR count). The molecule has 172 valence electrons. The van der Waals surface area contributed by atoms with Crippen molar-refractivity contribution in [3.63, 3.8) is 0 Å². The Balaban J connectivity index is 1.49. The van der Waals surface area contributed by atoms with E-state index in [4.69, 9.17) is 4.74 Å². The molecule has 2 aliphatic rings. The number of halogens is 1. The fourth-order valence-corrected chi connectivity index (χ4v) is 6.78. The molecule has 1 aromatic carbocycles. The predicted molar refractivity (Wildman–Crippen MR) is 109 cm³/mol. The fourth-order valence-electron chi connectivity index (χ4n) is 3.64. The number of carbonyl (C=O) groups is 2. The molecule has 0 aromatic heterocycles. The Hall–Kier alpha value is -2.05. The molecule has 31 heavy (non-hydrogen) atoms. The van der Waals surface area contributed by atoms with Gasteiger partial charge in [0.2, 0.25) is 10.0 Å². The van der Waals surface area contributed by atoms with Crippen molar-refractivity contribution in [1.29, 1.82) is 0 Å². The lowest BCUT2D eigenvalue weighted by molar-refractivity contribution is -0.160. The van der Waals surface area contributed by atoms with Crippen LogP contribution in [-0.2, 0) is 34.2 Å². The number of benzene rings is 1. The molecular weight excluding hydrogens is 451 g/mol. The zero-order valence-electron chi connectivity index (χ0n) is 17.0. The summed E-state index contributed by atoms with van der Waals surface area (Å²) in [5.74, 6) is -2.35. The van der Waals surface area contributed by atoms with Crippen molar-refractivity contribution in [3.05, 3.63) is 30.1 Å². The van der Waals surface area contributed by atoms with Crippen LogP contribution in [-0.4, -0.2) is 69.8 Å². The SMILES string of the molecule is C[C@H](OC(=O)C1CCN(S(=O)(=O)c2ccc(F)cc2)CC1)C(=O)N[C@H]1CCS(=O)(=O)C1. The van der Waals surface area contributed by atoms with Gasteiger partial charge in [0.05, 0.1) is 22.3 Å². The van der Waals surface area contributed by atoms with Gasteiger partial charge in [-0.15, -0.1) is 0 Å². The molecular formula is C19H25FN2O7S2. The first-order chi connectivity index (χ1) is 14.5. The van der Waals surface area contributed by atoms with Crippen LogP contribution in [0, 0.1) is 11.7 Å². The summed E-state index contributed by atoms with van der Waals surface area (Å²) in [6, 6.07) is 4.05. The first-order valence-electron chi connectivity index (χ1n) is 9.95. The second-order valence-electron chi connectivity index (χ2n) is 7.82. The molecule has 2 saturated heterocycles. The standard InChI is InChI=1S/C19H25FN2O7S2/c1-13(18(23)21-16-8-11-30(25,26)12-16)29-19(24)14-6-9-22(10-7-14)31(27,28)17-4-2-15(20)3-5-17/h2-5,13-14,16H,6-12H2,1H3,(H,21,23)/t13-,16-/m0/s1. The molecule has 2 atom stereocenters. The van der Waals surface area contributed by atoms with Crippen molar-refractivity contribution in [2.75, 3.05) is 24.6 Å². The summed E-state index contributed by atoms with van der Waals surface area (Å²) in [6.07, 6.45) is -0.296. The largest absolute Gasteiger partial charge is 0.452 e. The van der Waals surface area contributed by atoms with E-state index in [1.165, 1.54) is 23.4 Å².